The van der Waals surface area contributed by atoms with E-state index < -0.39 is 17.5 Å². The molecule has 0 radical (unpaired) electrons. The Labute approximate surface area is 637 Å². The van der Waals surface area contributed by atoms with E-state index in [-0.39, 0.29) is 38.7 Å². The van der Waals surface area contributed by atoms with Gasteiger partial charge in [-0.1, -0.05) is 37.4 Å². The maximum Gasteiger partial charge on any atom is 0.213 e. The molecular weight excluding hydrogens is 1420 g/mol. The number of rotatable bonds is 12. The Hall–Kier alpha value is -16.0. The minimum atomic E-state index is -0.669. The highest BCUT2D eigenvalue weighted by atomic mass is 19.1. The molecule has 0 atom stereocenters. The second-order valence-corrected chi connectivity index (χ2v) is 24.7. The summed E-state index contributed by atoms with van der Waals surface area (Å²) in [4.78, 5) is 65.6. The molecule has 4 N–H and O–H groups in total. The van der Waals surface area contributed by atoms with Crippen molar-refractivity contribution in [3.05, 3.63) is 308 Å². The normalized spacial score (nSPS) is 11.4. The van der Waals surface area contributed by atoms with Crippen LogP contribution >= 0.6 is 0 Å². The van der Waals surface area contributed by atoms with Gasteiger partial charge in [0.15, 0.2) is 10.9 Å². The third-order valence-corrected chi connectivity index (χ3v) is 17.9. The highest BCUT2D eigenvalue weighted by Gasteiger charge is 2.25. The average molecular weight is 1480 g/mol. The molecule has 25 heteroatoms. The van der Waals surface area contributed by atoms with E-state index in [1.807, 2.05) is 85.8 Å². The van der Waals surface area contributed by atoms with Crippen molar-refractivity contribution in [3.63, 3.8) is 0 Å². The van der Waals surface area contributed by atoms with Crippen LogP contribution in [0, 0.1) is 69.7 Å². The second-order valence-electron chi connectivity index (χ2n) is 24.7. The number of nitrogens with one attached hydrogen (secondary N) is 4. The first-order valence-corrected chi connectivity index (χ1v) is 34.0. The second kappa shape index (κ2) is 32.8. The van der Waals surface area contributed by atoms with Crippen LogP contribution in [0.1, 0.15) is 38.9 Å². The van der Waals surface area contributed by atoms with Crippen LogP contribution < -0.4 is 40.4 Å². The smallest absolute Gasteiger partial charge is 0.213 e. The number of fused-ring (bicyclic) bond motifs is 4. The molecule has 0 unspecified atom stereocenters. The zero-order valence-corrected chi connectivity index (χ0v) is 60.1. The standard InChI is InChI=1S/C23H18N4O.C22H15FN4O.2C21H13FN4O2/c1-14-7-8-17-11-20(16-9-10-25-21(12-16)28-3)22(27-23(17)26-14)19-6-4-5-18(13-24)15(19)2;1-13-6-7-15-10-18(14-8-9-25-19(11-14)28-2)21(27-22(15)26-13)17-5-3-4-16(12-24)20(17)23;1-28-19-9-12(4-6-24-19)15-10-16-18(27)5-7-25-21(16)26-20(15)13-2-3-17(22)14(8-13)11-23;1-28-18-9-12(5-7-24-18)15-10-16-17(27)6-8-25-21(16)26-20(15)14-4-2-3-13(11-23)19(14)22/h4-12H,1H2,2-3H3,(H,26,27);3-11H,1H2,2H3,(H,26,27);2*2-10H,1H3,(H,25,26,27). The summed E-state index contributed by atoms with van der Waals surface area (Å²) in [5.41, 5.74) is 14.7. The van der Waals surface area contributed by atoms with Crippen molar-refractivity contribution in [1.29, 1.82) is 21.0 Å². The molecule has 10 aromatic heterocycles. The van der Waals surface area contributed by atoms with Crippen molar-refractivity contribution >= 4 is 45.9 Å². The maximum absolute atomic E-state index is 15.0. The molecule has 0 saturated heterocycles. The third kappa shape index (κ3) is 15.5. The molecule has 2 aliphatic heterocycles. The van der Waals surface area contributed by atoms with Crippen molar-refractivity contribution in [2.45, 2.75) is 6.92 Å². The molecule has 112 heavy (non-hydrogen) atoms. The molecule has 0 saturated carbocycles. The molecule has 0 aliphatic carbocycles. The number of hydrogen-bond acceptors (Lipinski definition) is 20. The van der Waals surface area contributed by atoms with Crippen LogP contribution in [0.3, 0.4) is 0 Å². The van der Waals surface area contributed by atoms with E-state index >= 15 is 0 Å². The van der Waals surface area contributed by atoms with E-state index in [0.29, 0.717) is 108 Å². The van der Waals surface area contributed by atoms with E-state index in [0.717, 1.165) is 61.7 Å². The quantitative estimate of drug-likeness (QED) is 0.0883. The summed E-state index contributed by atoms with van der Waals surface area (Å²) in [6.45, 7) is 9.78. The van der Waals surface area contributed by atoms with Crippen LogP contribution in [0.2, 0.25) is 0 Å². The lowest BCUT2D eigenvalue weighted by atomic mass is 9.93. The number of pyridine rings is 10. The fraction of sp³-hybridized carbons (Fsp3) is 0.0575. The Morgan fingerprint density at radius 2 is 0.759 bits per heavy atom. The van der Waals surface area contributed by atoms with Crippen molar-refractivity contribution in [2.24, 2.45) is 0 Å². The van der Waals surface area contributed by atoms with E-state index in [1.165, 1.54) is 70.1 Å². The molecule has 12 heterocycles. The van der Waals surface area contributed by atoms with Gasteiger partial charge in [-0.25, -0.2) is 53.0 Å². The Morgan fingerprint density at radius 3 is 1.18 bits per heavy atom. The van der Waals surface area contributed by atoms with Crippen LogP contribution in [-0.2, 0) is 0 Å². The van der Waals surface area contributed by atoms with Crippen molar-refractivity contribution < 1.29 is 32.1 Å². The molecule has 2 aliphatic rings. The average Bonchev–Trinajstić information content (AvgIpc) is 0.790. The van der Waals surface area contributed by atoms with Gasteiger partial charge < -0.3 is 39.5 Å². The number of ether oxygens (including phenoxy) is 4. The van der Waals surface area contributed by atoms with Gasteiger partial charge in [0.2, 0.25) is 23.5 Å². The number of aromatic nitrogens is 10. The van der Waals surface area contributed by atoms with Gasteiger partial charge in [-0.2, -0.15) is 21.0 Å². The topological polar surface area (TPSA) is 325 Å². The summed E-state index contributed by atoms with van der Waals surface area (Å²) < 4.78 is 64.6. The number of anilines is 2. The highest BCUT2D eigenvalue weighted by Crippen LogP contribution is 2.42. The predicted molar refractivity (Wildman–Crippen MR) is 421 cm³/mol. The van der Waals surface area contributed by atoms with Crippen LogP contribution in [0.25, 0.3) is 124 Å². The molecule has 0 bridgehead atoms. The summed E-state index contributed by atoms with van der Waals surface area (Å²) in [7, 11) is 6.13. The molecule has 22 nitrogen and oxygen atoms in total. The van der Waals surface area contributed by atoms with E-state index in [2.05, 4.69) is 80.8 Å². The third-order valence-electron chi connectivity index (χ3n) is 17.9. The van der Waals surface area contributed by atoms with E-state index in [1.54, 1.807) is 111 Å². The minimum Gasteiger partial charge on any atom is -0.481 e. The Bertz CT molecular complexity index is 6330. The summed E-state index contributed by atoms with van der Waals surface area (Å²) in [5, 5.41) is 44.1. The van der Waals surface area contributed by atoms with Crippen molar-refractivity contribution in [2.75, 3.05) is 39.1 Å². The van der Waals surface area contributed by atoms with Gasteiger partial charge in [-0.3, -0.25) is 9.59 Å². The molecule has 0 fully saturated rings. The van der Waals surface area contributed by atoms with Crippen LogP contribution in [0.5, 0.6) is 23.5 Å². The molecule has 4 aromatic carbocycles. The number of allylic oxidation sites excluding steroid dienone is 2. The lowest BCUT2D eigenvalue weighted by molar-refractivity contribution is 0.398. The zero-order valence-electron chi connectivity index (χ0n) is 60.1. The molecule has 16 rings (SSSR count). The van der Waals surface area contributed by atoms with Gasteiger partial charge in [-0.05, 0) is 156 Å². The predicted octanol–water partition coefficient (Wildman–Crippen LogP) is 17.1. The Kier molecular flexibility index (Phi) is 21.8. The first kappa shape index (κ1) is 74.3. The van der Waals surface area contributed by atoms with Gasteiger partial charge in [-0.15, -0.1) is 0 Å². The van der Waals surface area contributed by atoms with Crippen LogP contribution in [0.4, 0.5) is 24.8 Å². The molecule has 0 spiro atoms. The molecule has 14 aromatic rings. The zero-order chi connectivity index (χ0) is 78.7. The monoisotopic (exact) mass is 1480 g/mol. The number of hydrogen-bond donors (Lipinski definition) is 4. The van der Waals surface area contributed by atoms with Gasteiger partial charge in [0, 0.05) is 141 Å². The van der Waals surface area contributed by atoms with E-state index in [9.17, 15) is 33.3 Å². The fourth-order valence-electron chi connectivity index (χ4n) is 12.3. The number of nitrogens with zero attached hydrogens (tertiary/aromatic N) is 12. The minimum absolute atomic E-state index is 0.0347. The van der Waals surface area contributed by atoms with E-state index in [4.69, 9.17) is 34.5 Å². The highest BCUT2D eigenvalue weighted by molar-refractivity contribution is 5.94. The lowest BCUT2D eigenvalue weighted by Crippen LogP contribution is -2.06. The lowest BCUT2D eigenvalue weighted by Gasteiger charge is -2.19. The summed E-state index contributed by atoms with van der Waals surface area (Å²) in [5.74, 6) is 1.19. The Morgan fingerprint density at radius 1 is 0.384 bits per heavy atom. The van der Waals surface area contributed by atoms with Gasteiger partial charge in [0.05, 0.1) is 90.3 Å². The number of nitriles is 4. The number of H-pyrrole nitrogens is 2. The van der Waals surface area contributed by atoms with Gasteiger partial charge >= 0.3 is 0 Å². The van der Waals surface area contributed by atoms with Crippen LogP contribution in [0.15, 0.2) is 241 Å². The van der Waals surface area contributed by atoms with Crippen molar-refractivity contribution in [1.82, 2.24) is 49.8 Å². The molecule has 544 valence electrons. The molecular formula is C87H59F3N16O6. The SMILES string of the molecule is C=C1C=Cc2cc(-c3ccnc(OC)c3)c(-c3cccc(C#N)c3C)nc2N1.C=C1C=Cc2cc(-c3ccnc(OC)c3)c(-c3cccc(C#N)c3F)nc2N1.COc1cc(-c2cc3c(=O)cc[nH]c3nc2-c2ccc(F)c(C#N)c2)ccn1.COc1cc(-c2cc3c(=O)cc[nH]c3nc2-c2cccc(C#N)c2F)ccn1. The van der Waals surface area contributed by atoms with Crippen LogP contribution in [-0.4, -0.2) is 78.3 Å². The largest absolute Gasteiger partial charge is 0.481 e. The number of methoxy groups -OCH3 is 4. The summed E-state index contributed by atoms with van der Waals surface area (Å²) in [6.07, 6.45) is 17.1. The number of aromatic amines is 2. The molecule has 0 amide bonds. The summed E-state index contributed by atoms with van der Waals surface area (Å²) >= 11 is 0. The van der Waals surface area contributed by atoms with Gasteiger partial charge in [0.1, 0.15) is 58.6 Å². The fourth-order valence-corrected chi connectivity index (χ4v) is 12.3. The maximum atomic E-state index is 15.0. The van der Waals surface area contributed by atoms with Gasteiger partial charge in [0.25, 0.3) is 0 Å². The number of benzene rings is 4. The number of halogens is 3. The first-order chi connectivity index (χ1) is 54.4. The van der Waals surface area contributed by atoms with Crippen molar-refractivity contribution in [3.8, 4) is 137 Å². The Balaban J connectivity index is 0.000000131. The first-order valence-electron chi connectivity index (χ1n) is 34.0. The summed E-state index contributed by atoms with van der Waals surface area (Å²) in [6, 6.07) is 51.4.